The Labute approximate surface area is 139 Å². The number of aromatic nitrogens is 1. The van der Waals surface area contributed by atoms with Crippen molar-refractivity contribution in [2.45, 2.75) is 19.9 Å². The van der Waals surface area contributed by atoms with E-state index in [4.69, 9.17) is 17.0 Å². The van der Waals surface area contributed by atoms with E-state index in [0.717, 1.165) is 11.1 Å². The SMILES string of the molecule is C/C(=C1/NC(C(C)N)=CC(=N)N1N)c1cnc2ccc(F)cc2c1. The second-order valence-electron chi connectivity index (χ2n) is 5.80. The van der Waals surface area contributed by atoms with Gasteiger partial charge in [-0.3, -0.25) is 10.4 Å². The lowest BCUT2D eigenvalue weighted by molar-refractivity contribution is 0.488. The van der Waals surface area contributed by atoms with Crippen LogP contribution in [0, 0.1) is 11.2 Å². The van der Waals surface area contributed by atoms with Crippen LogP contribution >= 0.6 is 0 Å². The molecule has 6 nitrogen and oxygen atoms in total. The van der Waals surface area contributed by atoms with Crippen molar-refractivity contribution >= 4 is 22.3 Å². The van der Waals surface area contributed by atoms with Crippen LogP contribution in [0.15, 0.2) is 48.1 Å². The Morgan fingerprint density at radius 1 is 1.38 bits per heavy atom. The van der Waals surface area contributed by atoms with Crippen LogP contribution in [-0.4, -0.2) is 21.9 Å². The van der Waals surface area contributed by atoms with Gasteiger partial charge in [0.1, 0.15) is 17.5 Å². The number of halogens is 1. The number of allylic oxidation sites excluding steroid dienone is 1. The molecule has 0 fully saturated rings. The zero-order chi connectivity index (χ0) is 17.4. The summed E-state index contributed by atoms with van der Waals surface area (Å²) >= 11 is 0. The highest BCUT2D eigenvalue weighted by Gasteiger charge is 2.22. The summed E-state index contributed by atoms with van der Waals surface area (Å²) in [5.41, 5.74) is 8.89. The fourth-order valence-electron chi connectivity index (χ4n) is 2.53. The van der Waals surface area contributed by atoms with Crippen LogP contribution in [0.3, 0.4) is 0 Å². The summed E-state index contributed by atoms with van der Waals surface area (Å²) in [4.78, 5) is 4.36. The highest BCUT2D eigenvalue weighted by atomic mass is 19.1. The first-order valence-corrected chi connectivity index (χ1v) is 7.51. The summed E-state index contributed by atoms with van der Waals surface area (Å²) in [6.45, 7) is 3.69. The topological polar surface area (TPSA) is 104 Å². The summed E-state index contributed by atoms with van der Waals surface area (Å²) in [7, 11) is 0. The van der Waals surface area contributed by atoms with Crippen LogP contribution in [0.5, 0.6) is 0 Å². The molecule has 1 aromatic heterocycles. The third-order valence-corrected chi connectivity index (χ3v) is 3.98. The molecule has 0 saturated carbocycles. The predicted molar refractivity (Wildman–Crippen MR) is 92.9 cm³/mol. The van der Waals surface area contributed by atoms with E-state index >= 15 is 0 Å². The molecule has 6 N–H and O–H groups in total. The summed E-state index contributed by atoms with van der Waals surface area (Å²) < 4.78 is 13.4. The quantitative estimate of drug-likeness (QED) is 0.632. The summed E-state index contributed by atoms with van der Waals surface area (Å²) in [6, 6.07) is 6.04. The van der Waals surface area contributed by atoms with Crippen molar-refractivity contribution in [3.63, 3.8) is 0 Å². The van der Waals surface area contributed by atoms with Crippen molar-refractivity contribution in [1.82, 2.24) is 15.3 Å². The van der Waals surface area contributed by atoms with E-state index in [1.54, 1.807) is 18.3 Å². The minimum atomic E-state index is -0.313. The lowest BCUT2D eigenvalue weighted by Gasteiger charge is -2.31. The van der Waals surface area contributed by atoms with E-state index in [0.29, 0.717) is 22.4 Å². The molecule has 7 heteroatoms. The Bertz CT molecular complexity index is 884. The standard InChI is InChI=1S/C17H19FN6/c1-9(17-23-15(10(2)19)7-16(20)24(17)21)12-5-11-6-13(18)3-4-14(11)22-8-12/h3-8,10,20,23H,19,21H2,1-2H3/b17-9+,20-16?. The van der Waals surface area contributed by atoms with Gasteiger partial charge in [-0.25, -0.2) is 15.2 Å². The second kappa shape index (κ2) is 6.03. The zero-order valence-corrected chi connectivity index (χ0v) is 13.5. The number of rotatable bonds is 2. The Hall–Kier alpha value is -2.77. The number of fused-ring (bicyclic) bond motifs is 1. The first-order chi connectivity index (χ1) is 11.4. The Kier molecular flexibility index (Phi) is 4.04. The van der Waals surface area contributed by atoms with E-state index in [9.17, 15) is 4.39 Å². The van der Waals surface area contributed by atoms with Crippen LogP contribution in [0.25, 0.3) is 16.5 Å². The molecule has 1 aliphatic rings. The molecule has 124 valence electrons. The lowest BCUT2D eigenvalue weighted by atomic mass is 10.1. The number of nitrogens with zero attached hydrogens (tertiary/aromatic N) is 2. The monoisotopic (exact) mass is 326 g/mol. The molecule has 0 aliphatic carbocycles. The van der Waals surface area contributed by atoms with Crippen molar-refractivity contribution in [1.29, 1.82) is 5.41 Å². The van der Waals surface area contributed by atoms with Crippen molar-refractivity contribution < 1.29 is 4.39 Å². The normalized spacial score (nSPS) is 18.3. The number of benzene rings is 1. The molecule has 0 bridgehead atoms. The van der Waals surface area contributed by atoms with Gasteiger partial charge in [0.15, 0.2) is 0 Å². The predicted octanol–water partition coefficient (Wildman–Crippen LogP) is 2.05. The third kappa shape index (κ3) is 2.86. The first kappa shape index (κ1) is 16.1. The van der Waals surface area contributed by atoms with Crippen molar-refractivity contribution in [3.8, 4) is 0 Å². The average Bonchev–Trinajstić information content (AvgIpc) is 2.55. The van der Waals surface area contributed by atoms with Gasteiger partial charge in [0, 0.05) is 35.0 Å². The summed E-state index contributed by atoms with van der Waals surface area (Å²) in [5.74, 6) is 6.35. The maximum Gasteiger partial charge on any atom is 0.142 e. The summed E-state index contributed by atoms with van der Waals surface area (Å²) in [6.07, 6.45) is 3.29. The van der Waals surface area contributed by atoms with Crippen LogP contribution in [0.2, 0.25) is 0 Å². The lowest BCUT2D eigenvalue weighted by Crippen LogP contribution is -2.47. The van der Waals surface area contributed by atoms with Crippen molar-refractivity contribution in [2.24, 2.45) is 11.6 Å². The van der Waals surface area contributed by atoms with Gasteiger partial charge in [-0.05, 0) is 43.7 Å². The maximum atomic E-state index is 13.4. The van der Waals surface area contributed by atoms with E-state index < -0.39 is 0 Å². The number of nitrogens with one attached hydrogen (secondary N) is 2. The number of pyridine rings is 1. The Balaban J connectivity index is 2.09. The highest BCUT2D eigenvalue weighted by molar-refractivity contribution is 5.94. The molecule has 0 spiro atoms. The fourth-order valence-corrected chi connectivity index (χ4v) is 2.53. The molecule has 1 aliphatic heterocycles. The Morgan fingerprint density at radius 2 is 2.12 bits per heavy atom. The van der Waals surface area contributed by atoms with Gasteiger partial charge >= 0.3 is 0 Å². The van der Waals surface area contributed by atoms with Gasteiger partial charge in [-0.1, -0.05) is 0 Å². The van der Waals surface area contributed by atoms with Gasteiger partial charge in [0.2, 0.25) is 0 Å². The molecule has 3 rings (SSSR count). The minimum absolute atomic E-state index is 0.134. The molecule has 1 unspecified atom stereocenters. The fraction of sp³-hybridized carbons (Fsp3) is 0.176. The number of hydrogen-bond donors (Lipinski definition) is 4. The molecule has 0 radical (unpaired) electrons. The number of hydrogen-bond acceptors (Lipinski definition) is 5. The van der Waals surface area contributed by atoms with Crippen molar-refractivity contribution in [3.05, 3.63) is 59.4 Å². The molecule has 0 amide bonds. The second-order valence-corrected chi connectivity index (χ2v) is 5.80. The highest BCUT2D eigenvalue weighted by Crippen LogP contribution is 2.24. The number of hydrazine groups is 1. The molecule has 2 heterocycles. The largest absolute Gasteiger partial charge is 0.342 e. The number of amidine groups is 1. The van der Waals surface area contributed by atoms with E-state index in [1.807, 2.05) is 19.9 Å². The minimum Gasteiger partial charge on any atom is -0.342 e. The van der Waals surface area contributed by atoms with Crippen LogP contribution in [-0.2, 0) is 0 Å². The maximum absolute atomic E-state index is 13.4. The molecule has 24 heavy (non-hydrogen) atoms. The molecular formula is C17H19FN6. The van der Waals surface area contributed by atoms with Crippen LogP contribution in [0.1, 0.15) is 19.4 Å². The van der Waals surface area contributed by atoms with Gasteiger partial charge in [0.25, 0.3) is 0 Å². The van der Waals surface area contributed by atoms with Crippen molar-refractivity contribution in [2.75, 3.05) is 0 Å². The smallest absolute Gasteiger partial charge is 0.142 e. The van der Waals surface area contributed by atoms with Gasteiger partial charge in [-0.15, -0.1) is 0 Å². The molecule has 2 aromatic rings. The summed E-state index contributed by atoms with van der Waals surface area (Å²) in [5, 5.41) is 13.1. The van der Waals surface area contributed by atoms with Gasteiger partial charge in [0.05, 0.1) is 5.52 Å². The molecule has 1 atom stereocenters. The van der Waals surface area contributed by atoms with E-state index in [2.05, 4.69) is 10.3 Å². The number of nitrogens with two attached hydrogens (primary N) is 2. The van der Waals surface area contributed by atoms with E-state index in [1.165, 1.54) is 17.1 Å². The molecule has 0 saturated heterocycles. The van der Waals surface area contributed by atoms with Crippen LogP contribution in [0.4, 0.5) is 4.39 Å². The Morgan fingerprint density at radius 3 is 2.83 bits per heavy atom. The zero-order valence-electron chi connectivity index (χ0n) is 13.5. The van der Waals surface area contributed by atoms with Gasteiger partial charge < -0.3 is 11.1 Å². The average molecular weight is 326 g/mol. The molecule has 1 aromatic carbocycles. The van der Waals surface area contributed by atoms with Crippen LogP contribution < -0.4 is 16.9 Å². The molecular weight excluding hydrogens is 307 g/mol. The van der Waals surface area contributed by atoms with Gasteiger partial charge in [-0.2, -0.15) is 0 Å². The first-order valence-electron chi connectivity index (χ1n) is 7.51. The third-order valence-electron chi connectivity index (χ3n) is 3.98. The van der Waals surface area contributed by atoms with E-state index in [-0.39, 0.29) is 17.7 Å².